The Morgan fingerprint density at radius 3 is 2.53 bits per heavy atom. The van der Waals surface area contributed by atoms with Gasteiger partial charge in [0, 0.05) is 6.04 Å². The van der Waals surface area contributed by atoms with Crippen LogP contribution in [0.5, 0.6) is 0 Å². The third-order valence-corrected chi connectivity index (χ3v) is 2.36. The first kappa shape index (κ1) is 12.1. The van der Waals surface area contributed by atoms with Gasteiger partial charge in [0.15, 0.2) is 0 Å². The lowest BCUT2D eigenvalue weighted by Gasteiger charge is -2.19. The lowest BCUT2D eigenvalue weighted by Crippen LogP contribution is -2.43. The van der Waals surface area contributed by atoms with Crippen molar-refractivity contribution < 1.29 is 18.0 Å². The average Bonchev–Trinajstić information content (AvgIpc) is 2.07. The maximum Gasteiger partial charge on any atom is 0.471 e. The molecule has 1 N–H and O–H groups in total. The number of rotatable bonds is 1. The largest absolute Gasteiger partial charge is 0.471 e. The molecule has 0 aromatic rings. The summed E-state index contributed by atoms with van der Waals surface area (Å²) in [4.78, 5) is 10.7. The zero-order valence-electron chi connectivity index (χ0n) is 8.31. The highest BCUT2D eigenvalue weighted by molar-refractivity contribution is 5.81. The number of carbonyl (C=O) groups excluding carboxylic acids is 1. The molecule has 0 aliphatic heterocycles. The molecule has 5 heteroatoms. The molecule has 15 heavy (non-hydrogen) atoms. The second-order valence-corrected chi connectivity index (χ2v) is 3.65. The predicted octanol–water partition coefficient (Wildman–Crippen LogP) is 2.55. The molecule has 0 heterocycles. The van der Waals surface area contributed by atoms with E-state index in [4.69, 9.17) is 0 Å². The summed E-state index contributed by atoms with van der Waals surface area (Å²) in [6.45, 7) is 0. The van der Waals surface area contributed by atoms with Gasteiger partial charge in [-0.3, -0.25) is 4.79 Å². The second kappa shape index (κ2) is 5.19. The van der Waals surface area contributed by atoms with Crippen molar-refractivity contribution in [2.75, 3.05) is 0 Å². The van der Waals surface area contributed by atoms with Crippen LogP contribution < -0.4 is 5.32 Å². The van der Waals surface area contributed by atoms with Crippen molar-refractivity contribution in [2.45, 2.75) is 44.3 Å². The van der Waals surface area contributed by atoms with Gasteiger partial charge in [-0.1, -0.05) is 12.2 Å². The van der Waals surface area contributed by atoms with Gasteiger partial charge >= 0.3 is 12.1 Å². The standard InChI is InChI=1S/C10H14F3NO/c11-10(12,13)9(15)14-8-6-4-2-1-3-5-7-8/h1-2,8H,3-7H2,(H,14,15)/b2-1-. The molecule has 1 atom stereocenters. The highest BCUT2D eigenvalue weighted by atomic mass is 19.4. The van der Waals surface area contributed by atoms with Crippen LogP contribution in [0.25, 0.3) is 0 Å². The Kier molecular flexibility index (Phi) is 4.17. The van der Waals surface area contributed by atoms with E-state index in [9.17, 15) is 18.0 Å². The van der Waals surface area contributed by atoms with E-state index in [1.807, 2.05) is 17.5 Å². The molecule has 0 saturated carbocycles. The summed E-state index contributed by atoms with van der Waals surface area (Å²) >= 11 is 0. The van der Waals surface area contributed by atoms with E-state index >= 15 is 0 Å². The Morgan fingerprint density at radius 2 is 1.87 bits per heavy atom. The van der Waals surface area contributed by atoms with Gasteiger partial charge in [-0.05, 0) is 32.1 Å². The molecule has 1 aliphatic rings. The number of carbonyl (C=O) groups is 1. The fourth-order valence-corrected chi connectivity index (χ4v) is 1.57. The van der Waals surface area contributed by atoms with Crippen molar-refractivity contribution in [1.82, 2.24) is 5.32 Å². The van der Waals surface area contributed by atoms with Crippen molar-refractivity contribution in [3.63, 3.8) is 0 Å². The van der Waals surface area contributed by atoms with E-state index in [-0.39, 0.29) is 6.04 Å². The number of amides is 1. The highest BCUT2D eigenvalue weighted by Crippen LogP contribution is 2.17. The molecule has 1 rings (SSSR count). The van der Waals surface area contributed by atoms with Crippen LogP contribution in [0, 0.1) is 0 Å². The van der Waals surface area contributed by atoms with E-state index < -0.39 is 12.1 Å². The lowest BCUT2D eigenvalue weighted by atomic mass is 10.0. The average molecular weight is 221 g/mol. The van der Waals surface area contributed by atoms with Gasteiger partial charge in [-0.2, -0.15) is 13.2 Å². The molecule has 1 amide bonds. The van der Waals surface area contributed by atoms with Crippen molar-refractivity contribution >= 4 is 5.91 Å². The summed E-state index contributed by atoms with van der Waals surface area (Å²) in [6, 6.07) is -0.343. The number of hydrogen-bond donors (Lipinski definition) is 1. The lowest BCUT2D eigenvalue weighted by molar-refractivity contribution is -0.174. The van der Waals surface area contributed by atoms with Crippen molar-refractivity contribution in [2.24, 2.45) is 0 Å². The molecule has 0 aromatic carbocycles. The Bertz CT molecular complexity index is 248. The van der Waals surface area contributed by atoms with Crippen LogP contribution in [0.1, 0.15) is 32.1 Å². The predicted molar refractivity (Wildman–Crippen MR) is 50.2 cm³/mol. The number of alkyl halides is 3. The van der Waals surface area contributed by atoms with E-state index in [1.54, 1.807) is 0 Å². The third kappa shape index (κ3) is 4.36. The van der Waals surface area contributed by atoms with Gasteiger partial charge in [0.1, 0.15) is 0 Å². The molecule has 0 fully saturated rings. The van der Waals surface area contributed by atoms with Crippen LogP contribution in [0.15, 0.2) is 12.2 Å². The SMILES string of the molecule is O=C(NC1CC/C=C\CCC1)C(F)(F)F. The third-order valence-electron chi connectivity index (χ3n) is 2.36. The van der Waals surface area contributed by atoms with Crippen LogP contribution in [0.3, 0.4) is 0 Å². The maximum atomic E-state index is 12.0. The summed E-state index contributed by atoms with van der Waals surface area (Å²) < 4.78 is 35.9. The van der Waals surface area contributed by atoms with Crippen LogP contribution in [0.4, 0.5) is 13.2 Å². The van der Waals surface area contributed by atoms with E-state index in [2.05, 4.69) is 0 Å². The first-order valence-electron chi connectivity index (χ1n) is 5.03. The minimum atomic E-state index is -4.77. The zero-order chi connectivity index (χ0) is 11.3. The van der Waals surface area contributed by atoms with Crippen LogP contribution in [-0.2, 0) is 4.79 Å². The molecule has 1 aliphatic carbocycles. The fraction of sp³-hybridized carbons (Fsp3) is 0.700. The first-order valence-corrected chi connectivity index (χ1v) is 5.03. The van der Waals surface area contributed by atoms with Gasteiger partial charge in [-0.15, -0.1) is 0 Å². The van der Waals surface area contributed by atoms with Crippen molar-refractivity contribution in [3.8, 4) is 0 Å². The van der Waals surface area contributed by atoms with Crippen molar-refractivity contribution in [3.05, 3.63) is 12.2 Å². The maximum absolute atomic E-state index is 12.0. The topological polar surface area (TPSA) is 29.1 Å². The normalized spacial score (nSPS) is 25.1. The molecule has 0 aromatic heterocycles. The smallest absolute Gasteiger partial charge is 0.346 e. The summed E-state index contributed by atoms with van der Waals surface area (Å²) in [7, 11) is 0. The van der Waals surface area contributed by atoms with Gasteiger partial charge in [0.2, 0.25) is 0 Å². The number of hydrogen-bond acceptors (Lipinski definition) is 1. The molecule has 0 spiro atoms. The minimum absolute atomic E-state index is 0.343. The zero-order valence-corrected chi connectivity index (χ0v) is 8.31. The van der Waals surface area contributed by atoms with Gasteiger partial charge in [-0.25, -0.2) is 0 Å². The van der Waals surface area contributed by atoms with Crippen molar-refractivity contribution in [1.29, 1.82) is 0 Å². The summed E-state index contributed by atoms with van der Waals surface area (Å²) in [5, 5.41) is 2.03. The first-order chi connectivity index (χ1) is 7.00. The van der Waals surface area contributed by atoms with Crippen LogP contribution in [-0.4, -0.2) is 18.1 Å². The van der Waals surface area contributed by atoms with E-state index in [0.717, 1.165) is 19.3 Å². The summed E-state index contributed by atoms with van der Waals surface area (Å²) in [5.74, 6) is -1.82. The van der Waals surface area contributed by atoms with Gasteiger partial charge in [0.05, 0.1) is 0 Å². The number of allylic oxidation sites excluding steroid dienone is 2. The Labute approximate surface area is 86.5 Å². The molecule has 1 unspecified atom stereocenters. The molecule has 2 nitrogen and oxygen atoms in total. The Hall–Kier alpha value is -1.00. The monoisotopic (exact) mass is 221 g/mol. The van der Waals surface area contributed by atoms with Crippen LogP contribution >= 0.6 is 0 Å². The summed E-state index contributed by atoms with van der Waals surface area (Å²) in [6.07, 6.45) is 2.83. The molecule has 0 radical (unpaired) electrons. The fourth-order valence-electron chi connectivity index (χ4n) is 1.57. The highest BCUT2D eigenvalue weighted by Gasteiger charge is 2.39. The summed E-state index contributed by atoms with van der Waals surface area (Å²) in [5.41, 5.74) is 0. The molecule has 0 saturated heterocycles. The quantitative estimate of drug-likeness (QED) is 0.677. The Balaban J connectivity index is 2.43. The molecule has 0 bridgehead atoms. The number of nitrogens with one attached hydrogen (secondary N) is 1. The molecule has 86 valence electrons. The molecular weight excluding hydrogens is 207 g/mol. The van der Waals surface area contributed by atoms with E-state index in [1.165, 1.54) is 0 Å². The number of halogens is 3. The van der Waals surface area contributed by atoms with Gasteiger partial charge in [0.25, 0.3) is 0 Å². The minimum Gasteiger partial charge on any atom is -0.346 e. The second-order valence-electron chi connectivity index (χ2n) is 3.65. The Morgan fingerprint density at radius 1 is 1.20 bits per heavy atom. The van der Waals surface area contributed by atoms with E-state index in [0.29, 0.717) is 12.8 Å². The van der Waals surface area contributed by atoms with Gasteiger partial charge < -0.3 is 5.32 Å². The van der Waals surface area contributed by atoms with Crippen LogP contribution in [0.2, 0.25) is 0 Å². The molecular formula is C10H14F3NO.